The molecular formula is C40H64N2O4. The van der Waals surface area contributed by atoms with Gasteiger partial charge in [0.25, 0.3) is 0 Å². The second kappa shape index (κ2) is 16.7. The van der Waals surface area contributed by atoms with E-state index >= 15 is 0 Å². The highest BCUT2D eigenvalue weighted by Crippen LogP contribution is 2.40. The average molecular weight is 637 g/mol. The summed E-state index contributed by atoms with van der Waals surface area (Å²) in [7, 11) is 0. The van der Waals surface area contributed by atoms with Crippen molar-refractivity contribution in [3.05, 3.63) is 58.7 Å². The zero-order chi connectivity index (χ0) is 34.8. The van der Waals surface area contributed by atoms with Crippen molar-refractivity contribution in [2.24, 2.45) is 0 Å². The molecule has 6 nitrogen and oxygen atoms in total. The molecule has 0 aliphatic rings. The first-order valence-electron chi connectivity index (χ1n) is 17.7. The van der Waals surface area contributed by atoms with E-state index in [1.807, 2.05) is 12.1 Å². The molecule has 2 aromatic carbocycles. The van der Waals surface area contributed by atoms with Gasteiger partial charge in [0.2, 0.25) is 0 Å². The van der Waals surface area contributed by atoms with Gasteiger partial charge in [-0.25, -0.2) is 9.59 Å². The topological polar surface area (TPSA) is 76.7 Å². The number of ether oxygens (including phenoxy) is 2. The van der Waals surface area contributed by atoms with Crippen LogP contribution in [0.15, 0.2) is 36.4 Å². The Kier molecular flexibility index (Phi) is 14.2. The highest BCUT2D eigenvalue weighted by atomic mass is 16.6. The van der Waals surface area contributed by atoms with Gasteiger partial charge in [0, 0.05) is 24.2 Å². The summed E-state index contributed by atoms with van der Waals surface area (Å²) in [5.41, 5.74) is 4.55. The lowest BCUT2D eigenvalue weighted by molar-refractivity contribution is 0.197. The zero-order valence-electron chi connectivity index (χ0n) is 31.2. The van der Waals surface area contributed by atoms with Gasteiger partial charge in [-0.3, -0.25) is 0 Å². The van der Waals surface area contributed by atoms with Crippen molar-refractivity contribution in [2.45, 2.75) is 156 Å². The first-order chi connectivity index (χ1) is 21.4. The molecule has 0 saturated carbocycles. The predicted molar refractivity (Wildman–Crippen MR) is 193 cm³/mol. The SMILES string of the molecule is CCC(C)(C)c1ccc(OC(=O)NCCCCCCNC(=O)Oc2ccc(C(C)(C)CC)cc2C(C)(C)CC)c(C(C)(C)CC)c1. The molecule has 0 heterocycles. The van der Waals surface area contributed by atoms with E-state index < -0.39 is 12.2 Å². The maximum absolute atomic E-state index is 12.7. The lowest BCUT2D eigenvalue weighted by Crippen LogP contribution is -2.30. The molecule has 0 aliphatic carbocycles. The Hall–Kier alpha value is -3.02. The molecule has 0 aliphatic heterocycles. The summed E-state index contributed by atoms with van der Waals surface area (Å²) in [5.74, 6) is 1.26. The van der Waals surface area contributed by atoms with Gasteiger partial charge < -0.3 is 20.1 Å². The lowest BCUT2D eigenvalue weighted by atomic mass is 9.76. The van der Waals surface area contributed by atoms with E-state index in [1.54, 1.807) is 0 Å². The largest absolute Gasteiger partial charge is 0.412 e. The molecule has 0 radical (unpaired) electrons. The second-order valence-electron chi connectivity index (χ2n) is 15.4. The molecule has 46 heavy (non-hydrogen) atoms. The second-order valence-corrected chi connectivity index (χ2v) is 15.4. The third-order valence-corrected chi connectivity index (χ3v) is 10.6. The highest BCUT2D eigenvalue weighted by molar-refractivity contribution is 5.71. The van der Waals surface area contributed by atoms with Crippen LogP contribution in [0.5, 0.6) is 11.5 Å². The van der Waals surface area contributed by atoms with Gasteiger partial charge in [0.1, 0.15) is 11.5 Å². The molecule has 0 fully saturated rings. The molecule has 6 heteroatoms. The maximum atomic E-state index is 12.7. The van der Waals surface area contributed by atoms with Crippen LogP contribution in [0, 0.1) is 0 Å². The van der Waals surface area contributed by atoms with Crippen molar-refractivity contribution in [1.82, 2.24) is 10.6 Å². The summed E-state index contributed by atoms with van der Waals surface area (Å²) in [6, 6.07) is 12.5. The van der Waals surface area contributed by atoms with Crippen molar-refractivity contribution in [3.8, 4) is 11.5 Å². The molecule has 2 rings (SSSR count). The smallest absolute Gasteiger partial charge is 0.410 e. The van der Waals surface area contributed by atoms with Crippen LogP contribution in [0.2, 0.25) is 0 Å². The number of hydrogen-bond acceptors (Lipinski definition) is 4. The van der Waals surface area contributed by atoms with E-state index in [2.05, 4.69) is 118 Å². The summed E-state index contributed by atoms with van der Waals surface area (Å²) in [5, 5.41) is 5.82. The summed E-state index contributed by atoms with van der Waals surface area (Å²) < 4.78 is 11.6. The molecule has 258 valence electrons. The standard InChI is InChI=1S/C40H64N2O4/c1-13-37(5,6)29-21-23-33(31(27-29)39(9,10)15-3)45-35(43)41-25-19-17-18-20-26-42-36(44)46-34-24-22-30(38(7,8)14-2)28-32(34)40(11,12)16-4/h21-24,27-28H,13-20,25-26H2,1-12H3,(H,41,43)(H,42,44). The van der Waals surface area contributed by atoms with Gasteiger partial charge in [0.15, 0.2) is 0 Å². The molecule has 0 unspecified atom stereocenters. The minimum atomic E-state index is -0.419. The number of carbonyl (C=O) groups is 2. The monoisotopic (exact) mass is 636 g/mol. The molecule has 0 bridgehead atoms. The Balaban J connectivity index is 1.81. The van der Waals surface area contributed by atoms with Crippen LogP contribution in [0.1, 0.15) is 157 Å². The molecule has 2 N–H and O–H groups in total. The molecule has 2 aromatic rings. The molecule has 2 amide bonds. The van der Waals surface area contributed by atoms with Crippen LogP contribution in [-0.4, -0.2) is 25.3 Å². The molecule has 0 spiro atoms. The van der Waals surface area contributed by atoms with E-state index in [9.17, 15) is 9.59 Å². The Morgan fingerprint density at radius 1 is 0.522 bits per heavy atom. The number of hydrogen-bond donors (Lipinski definition) is 2. The van der Waals surface area contributed by atoms with E-state index in [4.69, 9.17) is 9.47 Å². The van der Waals surface area contributed by atoms with Crippen molar-refractivity contribution in [2.75, 3.05) is 13.1 Å². The third-order valence-electron chi connectivity index (χ3n) is 10.6. The van der Waals surface area contributed by atoms with Crippen LogP contribution in [0.3, 0.4) is 0 Å². The fourth-order valence-corrected chi connectivity index (χ4v) is 5.18. The molecule has 0 aromatic heterocycles. The summed E-state index contributed by atoms with van der Waals surface area (Å²) in [4.78, 5) is 25.3. The molecular weight excluding hydrogens is 572 g/mol. The average Bonchev–Trinajstić information content (AvgIpc) is 3.02. The van der Waals surface area contributed by atoms with Gasteiger partial charge in [-0.2, -0.15) is 0 Å². The van der Waals surface area contributed by atoms with Crippen LogP contribution in [0.4, 0.5) is 9.59 Å². The van der Waals surface area contributed by atoms with E-state index in [-0.39, 0.29) is 21.7 Å². The zero-order valence-corrected chi connectivity index (χ0v) is 31.2. The number of amides is 2. The number of carbonyl (C=O) groups excluding carboxylic acids is 2. The minimum Gasteiger partial charge on any atom is -0.410 e. The van der Waals surface area contributed by atoms with Crippen molar-refractivity contribution < 1.29 is 19.1 Å². The van der Waals surface area contributed by atoms with E-state index in [1.165, 1.54) is 11.1 Å². The molecule has 0 saturated heterocycles. The Bertz CT molecular complexity index is 1190. The number of nitrogens with one attached hydrogen (secondary N) is 2. The highest BCUT2D eigenvalue weighted by Gasteiger charge is 2.29. The maximum Gasteiger partial charge on any atom is 0.412 e. The first-order valence-corrected chi connectivity index (χ1v) is 17.7. The van der Waals surface area contributed by atoms with Crippen molar-refractivity contribution in [1.29, 1.82) is 0 Å². The van der Waals surface area contributed by atoms with Gasteiger partial charge in [-0.05, 0) is 83.4 Å². The first kappa shape index (κ1) is 39.2. The van der Waals surface area contributed by atoms with Crippen LogP contribution >= 0.6 is 0 Å². The normalized spacial score (nSPS) is 12.5. The lowest BCUT2D eigenvalue weighted by Gasteiger charge is -2.30. The Morgan fingerprint density at radius 2 is 0.848 bits per heavy atom. The minimum absolute atomic E-state index is 0.0581. The van der Waals surface area contributed by atoms with Gasteiger partial charge >= 0.3 is 12.2 Å². The van der Waals surface area contributed by atoms with Crippen molar-refractivity contribution in [3.63, 3.8) is 0 Å². The van der Waals surface area contributed by atoms with Gasteiger partial charge in [-0.1, -0.05) is 120 Å². The Morgan fingerprint density at radius 3 is 1.15 bits per heavy atom. The van der Waals surface area contributed by atoms with Crippen LogP contribution < -0.4 is 20.1 Å². The quantitative estimate of drug-likeness (QED) is 0.169. The summed E-state index contributed by atoms with van der Waals surface area (Å²) in [6.45, 7) is 27.6. The van der Waals surface area contributed by atoms with Gasteiger partial charge in [0.05, 0.1) is 0 Å². The van der Waals surface area contributed by atoms with Crippen LogP contribution in [0.25, 0.3) is 0 Å². The fourth-order valence-electron chi connectivity index (χ4n) is 5.18. The summed E-state index contributed by atoms with van der Waals surface area (Å²) >= 11 is 0. The Labute approximate surface area is 280 Å². The number of rotatable bonds is 17. The number of benzene rings is 2. The summed E-state index contributed by atoms with van der Waals surface area (Å²) in [6.07, 6.45) is 6.67. The van der Waals surface area contributed by atoms with Crippen molar-refractivity contribution >= 4 is 12.2 Å². The van der Waals surface area contributed by atoms with E-state index in [0.717, 1.165) is 62.5 Å². The van der Waals surface area contributed by atoms with E-state index in [0.29, 0.717) is 24.6 Å². The fraction of sp³-hybridized carbons (Fsp3) is 0.650. The predicted octanol–water partition coefficient (Wildman–Crippen LogP) is 10.9. The van der Waals surface area contributed by atoms with Crippen LogP contribution in [-0.2, 0) is 21.7 Å². The number of unbranched alkanes of at least 4 members (excludes halogenated alkanes) is 3. The third kappa shape index (κ3) is 10.8. The molecule has 0 atom stereocenters. The van der Waals surface area contributed by atoms with Gasteiger partial charge in [-0.15, -0.1) is 0 Å².